The van der Waals surface area contributed by atoms with E-state index in [0.717, 1.165) is 5.82 Å². The zero-order valence-corrected chi connectivity index (χ0v) is 8.83. The second-order valence-corrected chi connectivity index (χ2v) is 3.85. The zero-order valence-electron chi connectivity index (χ0n) is 8.83. The number of rotatable bonds is 3. The van der Waals surface area contributed by atoms with Crippen molar-refractivity contribution in [2.24, 2.45) is 5.92 Å². The van der Waals surface area contributed by atoms with Gasteiger partial charge >= 0.3 is 0 Å². The largest absolute Gasteiger partial charge is 0.367 e. The van der Waals surface area contributed by atoms with Crippen LogP contribution in [0.2, 0.25) is 0 Å². The van der Waals surface area contributed by atoms with E-state index >= 15 is 0 Å². The summed E-state index contributed by atoms with van der Waals surface area (Å²) in [5, 5.41) is 3.40. The van der Waals surface area contributed by atoms with Gasteiger partial charge in [-0.05, 0) is 31.4 Å². The Morgan fingerprint density at radius 3 is 2.54 bits per heavy atom. The molecular formula is C11H18N2. The molecule has 0 aliphatic carbocycles. The van der Waals surface area contributed by atoms with Crippen molar-refractivity contribution in [2.75, 3.05) is 5.32 Å². The summed E-state index contributed by atoms with van der Waals surface area (Å²) >= 11 is 0. The number of hydrogen-bond acceptors (Lipinski definition) is 2. The summed E-state index contributed by atoms with van der Waals surface area (Å²) in [5.41, 5.74) is 1.20. The van der Waals surface area contributed by atoms with Gasteiger partial charge in [0.15, 0.2) is 0 Å². The minimum Gasteiger partial charge on any atom is -0.367 e. The van der Waals surface area contributed by atoms with Gasteiger partial charge in [-0.15, -0.1) is 0 Å². The van der Waals surface area contributed by atoms with E-state index in [-0.39, 0.29) is 0 Å². The predicted molar refractivity (Wildman–Crippen MR) is 56.9 cm³/mol. The minimum atomic E-state index is 0.466. The lowest BCUT2D eigenvalue weighted by atomic mass is 10.1. The number of anilines is 1. The van der Waals surface area contributed by atoms with E-state index in [4.69, 9.17) is 0 Å². The maximum absolute atomic E-state index is 4.29. The zero-order chi connectivity index (χ0) is 9.84. The first kappa shape index (κ1) is 10.0. The highest BCUT2D eigenvalue weighted by atomic mass is 15.0. The third kappa shape index (κ3) is 2.72. The Labute approximate surface area is 80.4 Å². The topological polar surface area (TPSA) is 24.9 Å². The first-order valence-corrected chi connectivity index (χ1v) is 4.79. The summed E-state index contributed by atoms with van der Waals surface area (Å²) in [4.78, 5) is 4.29. The van der Waals surface area contributed by atoms with Gasteiger partial charge in [-0.3, -0.25) is 0 Å². The molecule has 2 heteroatoms. The molecule has 2 nitrogen and oxygen atoms in total. The molecule has 0 aliphatic heterocycles. The molecule has 0 aliphatic rings. The van der Waals surface area contributed by atoms with Crippen molar-refractivity contribution in [3.05, 3.63) is 23.9 Å². The van der Waals surface area contributed by atoms with Crippen molar-refractivity contribution in [3.63, 3.8) is 0 Å². The number of nitrogens with zero attached hydrogens (tertiary/aromatic N) is 1. The van der Waals surface area contributed by atoms with Gasteiger partial charge in [0.05, 0.1) is 0 Å². The quantitative estimate of drug-likeness (QED) is 0.769. The molecule has 0 amide bonds. The average molecular weight is 178 g/mol. The molecule has 0 radical (unpaired) electrons. The normalized spacial score (nSPS) is 13.0. The van der Waals surface area contributed by atoms with Crippen LogP contribution in [0.25, 0.3) is 0 Å². The summed E-state index contributed by atoms with van der Waals surface area (Å²) in [5.74, 6) is 1.63. The number of pyridine rings is 1. The standard InChI is InChI=1S/C11H18N2/c1-8(2)10(4)13-11-9(3)6-5-7-12-11/h5-8,10H,1-4H3,(H,12,13). The number of nitrogens with one attached hydrogen (secondary N) is 1. The Hall–Kier alpha value is -1.05. The van der Waals surface area contributed by atoms with Gasteiger partial charge in [-0.1, -0.05) is 19.9 Å². The van der Waals surface area contributed by atoms with Crippen LogP contribution in [0.15, 0.2) is 18.3 Å². The van der Waals surface area contributed by atoms with E-state index < -0.39 is 0 Å². The van der Waals surface area contributed by atoms with E-state index in [1.54, 1.807) is 0 Å². The molecule has 13 heavy (non-hydrogen) atoms. The van der Waals surface area contributed by atoms with Crippen LogP contribution in [-0.4, -0.2) is 11.0 Å². The third-order valence-corrected chi connectivity index (χ3v) is 2.37. The van der Waals surface area contributed by atoms with E-state index in [1.807, 2.05) is 12.3 Å². The molecule has 0 spiro atoms. The molecule has 1 N–H and O–H groups in total. The van der Waals surface area contributed by atoms with Gasteiger partial charge in [-0.2, -0.15) is 0 Å². The van der Waals surface area contributed by atoms with E-state index in [0.29, 0.717) is 12.0 Å². The predicted octanol–water partition coefficient (Wildman–Crippen LogP) is 2.85. The average Bonchev–Trinajstić information content (AvgIpc) is 2.08. The highest BCUT2D eigenvalue weighted by molar-refractivity contribution is 5.43. The van der Waals surface area contributed by atoms with Crippen molar-refractivity contribution >= 4 is 5.82 Å². The number of aryl methyl sites for hydroxylation is 1. The summed E-state index contributed by atoms with van der Waals surface area (Å²) in [7, 11) is 0. The molecule has 1 aromatic heterocycles. The number of hydrogen-bond donors (Lipinski definition) is 1. The molecule has 1 rings (SSSR count). The monoisotopic (exact) mass is 178 g/mol. The van der Waals surface area contributed by atoms with Crippen LogP contribution < -0.4 is 5.32 Å². The molecular weight excluding hydrogens is 160 g/mol. The fraction of sp³-hybridized carbons (Fsp3) is 0.545. The Balaban J connectivity index is 2.69. The maximum atomic E-state index is 4.29. The smallest absolute Gasteiger partial charge is 0.129 e. The van der Waals surface area contributed by atoms with Gasteiger partial charge in [0.1, 0.15) is 5.82 Å². The van der Waals surface area contributed by atoms with Crippen molar-refractivity contribution < 1.29 is 0 Å². The summed E-state index contributed by atoms with van der Waals surface area (Å²) < 4.78 is 0. The van der Waals surface area contributed by atoms with E-state index in [1.165, 1.54) is 5.56 Å². The van der Waals surface area contributed by atoms with Crippen LogP contribution in [0.1, 0.15) is 26.3 Å². The van der Waals surface area contributed by atoms with Crippen molar-refractivity contribution in [3.8, 4) is 0 Å². The fourth-order valence-electron chi connectivity index (χ4n) is 1.02. The summed E-state index contributed by atoms with van der Waals surface area (Å²) in [6.45, 7) is 8.66. The van der Waals surface area contributed by atoms with Crippen LogP contribution in [0.4, 0.5) is 5.82 Å². The molecule has 1 unspecified atom stereocenters. The fourth-order valence-corrected chi connectivity index (χ4v) is 1.02. The molecule has 0 saturated heterocycles. The Bertz CT molecular complexity index is 269. The van der Waals surface area contributed by atoms with E-state index in [2.05, 4.69) is 44.1 Å². The molecule has 0 aromatic carbocycles. The molecule has 0 fully saturated rings. The van der Waals surface area contributed by atoms with Crippen LogP contribution in [0, 0.1) is 12.8 Å². The highest BCUT2D eigenvalue weighted by Crippen LogP contribution is 2.13. The van der Waals surface area contributed by atoms with Gasteiger partial charge < -0.3 is 5.32 Å². The second kappa shape index (κ2) is 4.26. The molecule has 1 heterocycles. The van der Waals surface area contributed by atoms with Crippen LogP contribution in [-0.2, 0) is 0 Å². The Morgan fingerprint density at radius 1 is 1.31 bits per heavy atom. The third-order valence-electron chi connectivity index (χ3n) is 2.37. The lowest BCUT2D eigenvalue weighted by Gasteiger charge is -2.18. The van der Waals surface area contributed by atoms with Crippen LogP contribution in [0.3, 0.4) is 0 Å². The van der Waals surface area contributed by atoms with Gasteiger partial charge in [0.25, 0.3) is 0 Å². The maximum Gasteiger partial charge on any atom is 0.129 e. The molecule has 1 atom stereocenters. The first-order valence-electron chi connectivity index (χ1n) is 4.79. The van der Waals surface area contributed by atoms with Crippen molar-refractivity contribution in [1.29, 1.82) is 0 Å². The van der Waals surface area contributed by atoms with Crippen LogP contribution >= 0.6 is 0 Å². The van der Waals surface area contributed by atoms with Crippen molar-refractivity contribution in [2.45, 2.75) is 33.7 Å². The minimum absolute atomic E-state index is 0.466. The van der Waals surface area contributed by atoms with Gasteiger partial charge in [-0.25, -0.2) is 4.98 Å². The second-order valence-electron chi connectivity index (χ2n) is 3.85. The molecule has 0 bridgehead atoms. The Morgan fingerprint density at radius 2 is 2.00 bits per heavy atom. The van der Waals surface area contributed by atoms with Gasteiger partial charge in [0.2, 0.25) is 0 Å². The van der Waals surface area contributed by atoms with Gasteiger partial charge in [0, 0.05) is 12.2 Å². The lowest BCUT2D eigenvalue weighted by Crippen LogP contribution is -2.22. The van der Waals surface area contributed by atoms with Crippen molar-refractivity contribution in [1.82, 2.24) is 4.98 Å². The molecule has 0 saturated carbocycles. The molecule has 72 valence electrons. The first-order chi connectivity index (χ1) is 6.11. The lowest BCUT2D eigenvalue weighted by molar-refractivity contribution is 0.558. The SMILES string of the molecule is Cc1cccnc1NC(C)C(C)C. The Kier molecular flexibility index (Phi) is 3.29. The van der Waals surface area contributed by atoms with Crippen LogP contribution in [0.5, 0.6) is 0 Å². The molecule has 1 aromatic rings. The van der Waals surface area contributed by atoms with E-state index in [9.17, 15) is 0 Å². The summed E-state index contributed by atoms with van der Waals surface area (Å²) in [6.07, 6.45) is 1.82. The number of aromatic nitrogens is 1. The summed E-state index contributed by atoms with van der Waals surface area (Å²) in [6, 6.07) is 4.50. The highest BCUT2D eigenvalue weighted by Gasteiger charge is 2.07.